The number of hydrogen-bond acceptors (Lipinski definition) is 4. The molecule has 3 aromatic rings. The molecule has 0 atom stereocenters. The molecule has 0 N–H and O–H groups in total. The van der Waals surface area contributed by atoms with Crippen molar-refractivity contribution in [2.75, 3.05) is 13.2 Å². The molecule has 1 amide bonds. The highest BCUT2D eigenvalue weighted by atomic mass is 16.5. The van der Waals surface area contributed by atoms with Crippen molar-refractivity contribution in [2.45, 2.75) is 33.2 Å². The van der Waals surface area contributed by atoms with Crippen LogP contribution in [0.15, 0.2) is 78.9 Å². The fraction of sp³-hybridized carbons (Fsp3) is 0.259. The van der Waals surface area contributed by atoms with Crippen molar-refractivity contribution in [3.63, 3.8) is 0 Å². The lowest BCUT2D eigenvalue weighted by Gasteiger charge is -2.24. The summed E-state index contributed by atoms with van der Waals surface area (Å²) < 4.78 is 10.9. The van der Waals surface area contributed by atoms with Crippen LogP contribution in [-0.4, -0.2) is 29.9 Å². The Hall–Kier alpha value is -3.60. The maximum absolute atomic E-state index is 13.4. The van der Waals surface area contributed by atoms with Crippen LogP contribution in [0.3, 0.4) is 0 Å². The van der Waals surface area contributed by atoms with Gasteiger partial charge in [-0.3, -0.25) is 9.59 Å². The van der Waals surface area contributed by atoms with Crippen molar-refractivity contribution >= 4 is 11.9 Å². The summed E-state index contributed by atoms with van der Waals surface area (Å²) >= 11 is 0. The molecular weight excluding hydrogens is 402 g/mol. The lowest BCUT2D eigenvalue weighted by atomic mass is 10.0. The second-order valence-electron chi connectivity index (χ2n) is 7.35. The number of aryl methyl sites for hydroxylation is 1. The van der Waals surface area contributed by atoms with E-state index < -0.39 is 0 Å². The van der Waals surface area contributed by atoms with Crippen LogP contribution in [0.2, 0.25) is 0 Å². The minimum atomic E-state index is -0.305. The van der Waals surface area contributed by atoms with E-state index in [0.717, 1.165) is 29.0 Å². The van der Waals surface area contributed by atoms with Crippen LogP contribution in [0.5, 0.6) is 11.5 Å². The van der Waals surface area contributed by atoms with Crippen molar-refractivity contribution in [3.8, 4) is 11.5 Å². The van der Waals surface area contributed by atoms with Gasteiger partial charge in [-0.2, -0.15) is 0 Å². The fourth-order valence-corrected chi connectivity index (χ4v) is 3.43. The molecular formula is C27H29NO4. The minimum absolute atomic E-state index is 0.0867. The van der Waals surface area contributed by atoms with E-state index in [1.165, 1.54) is 0 Å². The quantitative estimate of drug-likeness (QED) is 0.390. The maximum Gasteiger partial charge on any atom is 0.307 e. The van der Waals surface area contributed by atoms with Gasteiger partial charge in [0, 0.05) is 18.7 Å². The number of carbonyl (C=O) groups is 2. The number of hydrogen-bond donors (Lipinski definition) is 0. The van der Waals surface area contributed by atoms with E-state index in [9.17, 15) is 9.59 Å². The first kappa shape index (κ1) is 23.1. The SMILES string of the molecule is CCOC(=O)CCN(Cc1ccc(Oc2ccccc2)cc1)C(=O)c1ccccc1CC. The van der Waals surface area contributed by atoms with E-state index in [4.69, 9.17) is 9.47 Å². The molecule has 3 rings (SSSR count). The van der Waals surface area contributed by atoms with Crippen LogP contribution < -0.4 is 4.74 Å². The number of rotatable bonds is 10. The third-order valence-corrected chi connectivity index (χ3v) is 5.08. The fourth-order valence-electron chi connectivity index (χ4n) is 3.43. The van der Waals surface area contributed by atoms with Crippen molar-refractivity contribution in [1.82, 2.24) is 4.90 Å². The van der Waals surface area contributed by atoms with Gasteiger partial charge in [0.15, 0.2) is 0 Å². The van der Waals surface area contributed by atoms with Gasteiger partial charge in [-0.15, -0.1) is 0 Å². The summed E-state index contributed by atoms with van der Waals surface area (Å²) in [5.41, 5.74) is 2.62. The number of ether oxygens (including phenoxy) is 2. The Morgan fingerprint density at radius 1 is 0.812 bits per heavy atom. The molecule has 0 spiro atoms. The van der Waals surface area contributed by atoms with Gasteiger partial charge < -0.3 is 14.4 Å². The summed E-state index contributed by atoms with van der Waals surface area (Å²) in [7, 11) is 0. The van der Waals surface area contributed by atoms with Crippen LogP contribution in [0.25, 0.3) is 0 Å². The second-order valence-corrected chi connectivity index (χ2v) is 7.35. The van der Waals surface area contributed by atoms with Crippen LogP contribution in [0, 0.1) is 0 Å². The predicted octanol–water partition coefficient (Wildman–Crippen LogP) is 5.64. The normalized spacial score (nSPS) is 10.4. The van der Waals surface area contributed by atoms with Gasteiger partial charge in [0.25, 0.3) is 5.91 Å². The van der Waals surface area contributed by atoms with E-state index in [2.05, 4.69) is 0 Å². The molecule has 0 aliphatic heterocycles. The molecule has 0 unspecified atom stereocenters. The summed E-state index contributed by atoms with van der Waals surface area (Å²) in [6.45, 7) is 4.81. The predicted molar refractivity (Wildman–Crippen MR) is 125 cm³/mol. The highest BCUT2D eigenvalue weighted by Crippen LogP contribution is 2.22. The number of nitrogens with zero attached hydrogens (tertiary/aromatic N) is 1. The minimum Gasteiger partial charge on any atom is -0.466 e. The van der Waals surface area contributed by atoms with Gasteiger partial charge in [0.2, 0.25) is 0 Å². The second kappa shape index (κ2) is 11.7. The van der Waals surface area contributed by atoms with Gasteiger partial charge in [-0.05, 0) is 54.8 Å². The molecule has 5 heteroatoms. The molecule has 3 aromatic carbocycles. The van der Waals surface area contributed by atoms with E-state index in [0.29, 0.717) is 18.7 Å². The average Bonchev–Trinajstić information content (AvgIpc) is 2.83. The van der Waals surface area contributed by atoms with Crippen molar-refractivity contribution < 1.29 is 19.1 Å². The third-order valence-electron chi connectivity index (χ3n) is 5.08. The van der Waals surface area contributed by atoms with Gasteiger partial charge >= 0.3 is 5.97 Å². The van der Waals surface area contributed by atoms with Crippen molar-refractivity contribution in [1.29, 1.82) is 0 Å². The number of carbonyl (C=O) groups excluding carboxylic acids is 2. The molecule has 166 valence electrons. The Morgan fingerprint density at radius 3 is 2.16 bits per heavy atom. The molecule has 32 heavy (non-hydrogen) atoms. The Kier molecular flexibility index (Phi) is 8.44. The third kappa shape index (κ3) is 6.45. The first-order chi connectivity index (χ1) is 15.6. The number of esters is 1. The lowest BCUT2D eigenvalue weighted by Crippen LogP contribution is -2.33. The molecule has 0 heterocycles. The smallest absolute Gasteiger partial charge is 0.307 e. The van der Waals surface area contributed by atoms with E-state index in [1.807, 2.05) is 85.8 Å². The molecule has 0 aromatic heterocycles. The van der Waals surface area contributed by atoms with Gasteiger partial charge in [-0.1, -0.05) is 55.5 Å². The van der Waals surface area contributed by atoms with Crippen LogP contribution in [0.1, 0.15) is 41.8 Å². The molecule has 0 saturated carbocycles. The van der Waals surface area contributed by atoms with E-state index in [1.54, 1.807) is 11.8 Å². The Bertz CT molecular complexity index is 1020. The van der Waals surface area contributed by atoms with Crippen LogP contribution in [0.4, 0.5) is 0 Å². The van der Waals surface area contributed by atoms with Gasteiger partial charge in [0.05, 0.1) is 13.0 Å². The van der Waals surface area contributed by atoms with Crippen LogP contribution >= 0.6 is 0 Å². The van der Waals surface area contributed by atoms with Crippen LogP contribution in [-0.2, 0) is 22.5 Å². The summed E-state index contributed by atoms with van der Waals surface area (Å²) in [6, 6.07) is 24.8. The average molecular weight is 432 g/mol. The molecule has 0 saturated heterocycles. The van der Waals surface area contributed by atoms with Gasteiger partial charge in [0.1, 0.15) is 11.5 Å². The van der Waals surface area contributed by atoms with Crippen molar-refractivity contribution in [2.24, 2.45) is 0 Å². The highest BCUT2D eigenvalue weighted by molar-refractivity contribution is 5.95. The summed E-state index contributed by atoms with van der Waals surface area (Å²) in [5.74, 6) is 1.10. The van der Waals surface area contributed by atoms with Gasteiger partial charge in [-0.25, -0.2) is 0 Å². The Balaban J connectivity index is 1.75. The van der Waals surface area contributed by atoms with E-state index >= 15 is 0 Å². The summed E-state index contributed by atoms with van der Waals surface area (Å²) in [4.78, 5) is 27.0. The lowest BCUT2D eigenvalue weighted by molar-refractivity contribution is -0.143. The monoisotopic (exact) mass is 431 g/mol. The molecule has 0 fully saturated rings. The topological polar surface area (TPSA) is 55.8 Å². The number of para-hydroxylation sites is 1. The molecule has 0 aliphatic rings. The zero-order valence-electron chi connectivity index (χ0n) is 18.6. The Labute approximate surface area is 189 Å². The molecule has 5 nitrogen and oxygen atoms in total. The Morgan fingerprint density at radius 2 is 1.47 bits per heavy atom. The number of benzene rings is 3. The first-order valence-corrected chi connectivity index (χ1v) is 10.9. The van der Waals surface area contributed by atoms with Crippen molar-refractivity contribution in [3.05, 3.63) is 95.6 Å². The first-order valence-electron chi connectivity index (χ1n) is 10.9. The maximum atomic E-state index is 13.4. The standard InChI is InChI=1S/C27H29NO4/c1-3-22-10-8-9-13-25(22)27(30)28(19-18-26(29)31-4-2)20-21-14-16-24(17-15-21)32-23-11-6-5-7-12-23/h5-17H,3-4,18-20H2,1-2H3. The largest absolute Gasteiger partial charge is 0.466 e. The number of amides is 1. The zero-order chi connectivity index (χ0) is 22.8. The molecule has 0 aliphatic carbocycles. The summed E-state index contributed by atoms with van der Waals surface area (Å²) in [5, 5.41) is 0. The summed E-state index contributed by atoms with van der Waals surface area (Å²) in [6.07, 6.45) is 0.919. The van der Waals surface area contributed by atoms with E-state index in [-0.39, 0.29) is 24.8 Å². The molecule has 0 bridgehead atoms. The highest BCUT2D eigenvalue weighted by Gasteiger charge is 2.20. The zero-order valence-corrected chi connectivity index (χ0v) is 18.6. The molecule has 0 radical (unpaired) electrons.